The molecule has 0 radical (unpaired) electrons. The maximum atomic E-state index is 11.6. The third-order valence-corrected chi connectivity index (χ3v) is 2.61. The number of carboxylic acid groups (broad SMARTS) is 1. The Morgan fingerprint density at radius 3 is 2.53 bits per heavy atom. The fourth-order valence-corrected chi connectivity index (χ4v) is 1.85. The van der Waals surface area contributed by atoms with Crippen LogP contribution >= 0.6 is 15.9 Å². The topological polar surface area (TPSA) is 95.5 Å². The lowest BCUT2D eigenvalue weighted by atomic mass is 10.2. The molecule has 6 nitrogen and oxygen atoms in total. The van der Waals surface area contributed by atoms with E-state index >= 15 is 0 Å². The highest BCUT2D eigenvalue weighted by atomic mass is 79.9. The molecule has 0 aromatic heterocycles. The Morgan fingerprint density at radius 2 is 1.95 bits per heavy atom. The maximum Gasteiger partial charge on any atom is 0.335 e. The van der Waals surface area contributed by atoms with E-state index in [0.29, 0.717) is 10.2 Å². The number of hydrogen-bond donors (Lipinski definition) is 3. The Morgan fingerprint density at radius 1 is 1.26 bits per heavy atom. The van der Waals surface area contributed by atoms with Crippen molar-refractivity contribution in [1.82, 2.24) is 5.32 Å². The first-order valence-electron chi connectivity index (χ1n) is 5.46. The number of rotatable bonds is 5. The van der Waals surface area contributed by atoms with E-state index in [9.17, 15) is 14.4 Å². The van der Waals surface area contributed by atoms with Crippen LogP contribution in [0.3, 0.4) is 0 Å². The second kappa shape index (κ2) is 6.89. The van der Waals surface area contributed by atoms with Gasteiger partial charge >= 0.3 is 5.97 Å². The molecule has 0 unspecified atom stereocenters. The molecule has 0 fully saturated rings. The molecule has 0 saturated heterocycles. The van der Waals surface area contributed by atoms with Crippen molar-refractivity contribution < 1.29 is 19.5 Å². The maximum absolute atomic E-state index is 11.6. The van der Waals surface area contributed by atoms with E-state index < -0.39 is 5.97 Å². The minimum atomic E-state index is -1.07. The lowest BCUT2D eigenvalue weighted by molar-refractivity contribution is -0.119. The molecule has 0 saturated carbocycles. The van der Waals surface area contributed by atoms with E-state index in [-0.39, 0.29) is 30.3 Å². The zero-order chi connectivity index (χ0) is 14.4. The van der Waals surface area contributed by atoms with Gasteiger partial charge in [0.2, 0.25) is 11.8 Å². The monoisotopic (exact) mass is 328 g/mol. The van der Waals surface area contributed by atoms with E-state index in [2.05, 4.69) is 26.6 Å². The van der Waals surface area contributed by atoms with Crippen LogP contribution in [0.4, 0.5) is 5.69 Å². The van der Waals surface area contributed by atoms with Crippen molar-refractivity contribution in [2.24, 2.45) is 0 Å². The number of benzene rings is 1. The quantitative estimate of drug-likeness (QED) is 0.765. The van der Waals surface area contributed by atoms with Gasteiger partial charge in [0.1, 0.15) is 0 Å². The summed E-state index contributed by atoms with van der Waals surface area (Å²) in [5, 5.41) is 14.0. The standard InChI is InChI=1S/C12H13BrN2O4/c1-7(16)14-3-2-11(17)15-10-5-8(12(18)19)4-9(13)6-10/h4-6H,2-3H2,1H3,(H,14,16)(H,15,17)(H,18,19). The summed E-state index contributed by atoms with van der Waals surface area (Å²) in [6, 6.07) is 4.40. The average molecular weight is 329 g/mol. The molecule has 0 bridgehead atoms. The minimum Gasteiger partial charge on any atom is -0.478 e. The van der Waals surface area contributed by atoms with E-state index in [0.717, 1.165) is 0 Å². The number of anilines is 1. The van der Waals surface area contributed by atoms with Gasteiger partial charge in [-0.1, -0.05) is 15.9 Å². The molecule has 0 atom stereocenters. The van der Waals surface area contributed by atoms with Gasteiger partial charge in [-0.05, 0) is 18.2 Å². The van der Waals surface area contributed by atoms with Crippen LogP contribution in [-0.2, 0) is 9.59 Å². The fourth-order valence-electron chi connectivity index (χ4n) is 1.36. The lowest BCUT2D eigenvalue weighted by Gasteiger charge is -2.07. The van der Waals surface area contributed by atoms with Crippen molar-refractivity contribution in [1.29, 1.82) is 0 Å². The van der Waals surface area contributed by atoms with Gasteiger partial charge in [-0.25, -0.2) is 4.79 Å². The van der Waals surface area contributed by atoms with E-state index in [1.807, 2.05) is 0 Å². The van der Waals surface area contributed by atoms with Crippen molar-refractivity contribution >= 4 is 39.4 Å². The molecule has 0 aliphatic carbocycles. The minimum absolute atomic E-state index is 0.0755. The number of carboxylic acids is 1. The van der Waals surface area contributed by atoms with E-state index in [4.69, 9.17) is 5.11 Å². The van der Waals surface area contributed by atoms with Gasteiger partial charge in [0.15, 0.2) is 0 Å². The lowest BCUT2D eigenvalue weighted by Crippen LogP contribution is -2.25. The van der Waals surface area contributed by atoms with Gasteiger partial charge in [-0.3, -0.25) is 9.59 Å². The number of aromatic carboxylic acids is 1. The second-order valence-electron chi connectivity index (χ2n) is 3.81. The third kappa shape index (κ3) is 5.52. The van der Waals surface area contributed by atoms with Crippen LogP contribution in [0.5, 0.6) is 0 Å². The molecular weight excluding hydrogens is 316 g/mol. The van der Waals surface area contributed by atoms with Crippen molar-refractivity contribution in [2.75, 3.05) is 11.9 Å². The van der Waals surface area contributed by atoms with Crippen LogP contribution < -0.4 is 10.6 Å². The smallest absolute Gasteiger partial charge is 0.335 e. The molecule has 0 aliphatic heterocycles. The zero-order valence-electron chi connectivity index (χ0n) is 10.2. The number of carbonyl (C=O) groups excluding carboxylic acids is 2. The highest BCUT2D eigenvalue weighted by Crippen LogP contribution is 2.19. The molecule has 0 spiro atoms. The Hall–Kier alpha value is -1.89. The van der Waals surface area contributed by atoms with E-state index in [1.165, 1.54) is 19.1 Å². The van der Waals surface area contributed by atoms with Crippen molar-refractivity contribution in [2.45, 2.75) is 13.3 Å². The van der Waals surface area contributed by atoms with Crippen LogP contribution in [0.15, 0.2) is 22.7 Å². The average Bonchev–Trinajstić information content (AvgIpc) is 2.27. The van der Waals surface area contributed by atoms with Crippen molar-refractivity contribution in [3.63, 3.8) is 0 Å². The molecule has 3 N–H and O–H groups in total. The summed E-state index contributed by atoms with van der Waals surface area (Å²) in [5.74, 6) is -1.58. The number of hydrogen-bond acceptors (Lipinski definition) is 3. The predicted octanol–water partition coefficient (Wildman–Crippen LogP) is 1.61. The van der Waals surface area contributed by atoms with Crippen LogP contribution in [0.2, 0.25) is 0 Å². The van der Waals surface area contributed by atoms with Crippen LogP contribution in [0.25, 0.3) is 0 Å². The van der Waals surface area contributed by atoms with Crippen LogP contribution in [0.1, 0.15) is 23.7 Å². The Labute approximate surface area is 118 Å². The molecule has 1 aromatic rings. The highest BCUT2D eigenvalue weighted by molar-refractivity contribution is 9.10. The van der Waals surface area contributed by atoms with Crippen molar-refractivity contribution in [3.05, 3.63) is 28.2 Å². The van der Waals surface area contributed by atoms with Gasteiger partial charge in [0.25, 0.3) is 0 Å². The molecule has 2 amide bonds. The normalized spacial score (nSPS) is 9.79. The van der Waals surface area contributed by atoms with E-state index in [1.54, 1.807) is 6.07 Å². The number of amides is 2. The number of nitrogens with one attached hydrogen (secondary N) is 2. The van der Waals surface area contributed by atoms with Crippen molar-refractivity contribution in [3.8, 4) is 0 Å². The highest BCUT2D eigenvalue weighted by Gasteiger charge is 2.08. The molecule has 0 heterocycles. The third-order valence-electron chi connectivity index (χ3n) is 2.15. The summed E-state index contributed by atoms with van der Waals surface area (Å²) in [7, 11) is 0. The molecule has 7 heteroatoms. The Bertz CT molecular complexity index is 516. The first kappa shape index (κ1) is 15.2. The predicted molar refractivity (Wildman–Crippen MR) is 73.0 cm³/mol. The van der Waals surface area contributed by atoms with Gasteiger partial charge < -0.3 is 15.7 Å². The summed E-state index contributed by atoms with van der Waals surface area (Å²) in [6.45, 7) is 1.60. The molecular formula is C12H13BrN2O4. The summed E-state index contributed by atoms with van der Waals surface area (Å²) >= 11 is 3.17. The summed E-state index contributed by atoms with van der Waals surface area (Å²) < 4.78 is 0.560. The van der Waals surface area contributed by atoms with Crippen LogP contribution in [-0.4, -0.2) is 29.4 Å². The first-order chi connectivity index (χ1) is 8.88. The first-order valence-corrected chi connectivity index (χ1v) is 6.26. The van der Waals surface area contributed by atoms with Gasteiger partial charge in [-0.2, -0.15) is 0 Å². The van der Waals surface area contributed by atoms with Gasteiger partial charge in [0.05, 0.1) is 5.56 Å². The van der Waals surface area contributed by atoms with Crippen LogP contribution in [0, 0.1) is 0 Å². The summed E-state index contributed by atoms with van der Waals surface area (Å²) in [4.78, 5) is 33.1. The van der Waals surface area contributed by atoms with Gasteiger partial charge in [-0.15, -0.1) is 0 Å². The summed E-state index contributed by atoms with van der Waals surface area (Å²) in [5.41, 5.74) is 0.464. The van der Waals surface area contributed by atoms with Gasteiger partial charge in [0, 0.05) is 30.0 Å². The number of halogens is 1. The fraction of sp³-hybridized carbons (Fsp3) is 0.250. The molecule has 0 aliphatic rings. The summed E-state index contributed by atoms with van der Waals surface area (Å²) in [6.07, 6.45) is 0.120. The molecule has 19 heavy (non-hydrogen) atoms. The Balaban J connectivity index is 2.63. The molecule has 1 aromatic carbocycles. The largest absolute Gasteiger partial charge is 0.478 e. The molecule has 1 rings (SSSR count). The SMILES string of the molecule is CC(=O)NCCC(=O)Nc1cc(Br)cc(C(=O)O)c1. The number of carbonyl (C=O) groups is 3. The zero-order valence-corrected chi connectivity index (χ0v) is 11.8. The second-order valence-corrected chi connectivity index (χ2v) is 4.73. The Kier molecular flexibility index (Phi) is 5.50. The molecule has 102 valence electrons.